The first-order valence-corrected chi connectivity index (χ1v) is 4.21. The molecule has 2 N–H and O–H groups in total. The monoisotopic (exact) mass is 187 g/mol. The van der Waals surface area contributed by atoms with Crippen molar-refractivity contribution < 1.29 is 10.2 Å². The summed E-state index contributed by atoms with van der Waals surface area (Å²) in [4.78, 5) is 4.08. The summed E-state index contributed by atoms with van der Waals surface area (Å²) in [6.07, 6.45) is 1.64. The molecule has 2 aromatic rings. The van der Waals surface area contributed by atoms with E-state index in [2.05, 4.69) is 4.98 Å². The molecule has 0 aliphatic heterocycles. The van der Waals surface area contributed by atoms with Crippen LogP contribution in [0.5, 0.6) is 11.5 Å². The molecule has 0 aliphatic carbocycles. The fourth-order valence-electron chi connectivity index (χ4n) is 1.26. The van der Waals surface area contributed by atoms with Gasteiger partial charge >= 0.3 is 0 Å². The van der Waals surface area contributed by atoms with Crippen LogP contribution in [0, 0.1) is 0 Å². The van der Waals surface area contributed by atoms with Crippen LogP contribution in [0.3, 0.4) is 0 Å². The van der Waals surface area contributed by atoms with Crippen molar-refractivity contribution >= 4 is 0 Å². The summed E-state index contributed by atoms with van der Waals surface area (Å²) < 4.78 is 0. The quantitative estimate of drug-likeness (QED) is 0.672. The highest BCUT2D eigenvalue weighted by Gasteiger charge is 2.07. The molecule has 0 spiro atoms. The second-order valence-corrected chi connectivity index (χ2v) is 2.89. The zero-order chi connectivity index (χ0) is 9.97. The molecular weight excluding hydrogens is 178 g/mol. The summed E-state index contributed by atoms with van der Waals surface area (Å²) in [7, 11) is 0. The summed E-state index contributed by atoms with van der Waals surface area (Å²) in [6.45, 7) is 0. The first-order chi connectivity index (χ1) is 6.79. The number of rotatable bonds is 1. The maximum atomic E-state index is 9.56. The molecule has 3 heteroatoms. The SMILES string of the molecule is Oc1cccc(-c2ccccn2)c1O. The van der Waals surface area contributed by atoms with Crippen LogP contribution in [0.2, 0.25) is 0 Å². The van der Waals surface area contributed by atoms with Crippen LogP contribution in [-0.4, -0.2) is 15.2 Å². The Morgan fingerprint density at radius 1 is 0.929 bits per heavy atom. The van der Waals surface area contributed by atoms with Crippen molar-refractivity contribution in [2.45, 2.75) is 0 Å². The molecule has 1 aromatic carbocycles. The van der Waals surface area contributed by atoms with Crippen molar-refractivity contribution in [2.75, 3.05) is 0 Å². The summed E-state index contributed by atoms with van der Waals surface area (Å²) in [5, 5.41) is 18.8. The number of hydrogen-bond acceptors (Lipinski definition) is 3. The Bertz CT molecular complexity index is 440. The topological polar surface area (TPSA) is 53.4 Å². The average molecular weight is 187 g/mol. The van der Waals surface area contributed by atoms with Gasteiger partial charge in [-0.1, -0.05) is 12.1 Å². The average Bonchev–Trinajstić information content (AvgIpc) is 2.23. The van der Waals surface area contributed by atoms with Crippen molar-refractivity contribution in [3.63, 3.8) is 0 Å². The van der Waals surface area contributed by atoms with Gasteiger partial charge in [0.15, 0.2) is 11.5 Å². The normalized spacial score (nSPS) is 10.0. The highest BCUT2D eigenvalue weighted by molar-refractivity contribution is 5.69. The van der Waals surface area contributed by atoms with Gasteiger partial charge in [-0.15, -0.1) is 0 Å². The molecule has 1 aromatic heterocycles. The number of phenols is 2. The number of para-hydroxylation sites is 1. The maximum Gasteiger partial charge on any atom is 0.167 e. The van der Waals surface area contributed by atoms with Gasteiger partial charge in [0, 0.05) is 11.8 Å². The molecule has 1 heterocycles. The minimum absolute atomic E-state index is 0.131. The first kappa shape index (κ1) is 8.56. The Balaban J connectivity index is 2.58. The second kappa shape index (κ2) is 3.38. The number of nitrogens with zero attached hydrogens (tertiary/aromatic N) is 1. The van der Waals surface area contributed by atoms with Gasteiger partial charge in [-0.3, -0.25) is 4.98 Å². The smallest absolute Gasteiger partial charge is 0.167 e. The minimum atomic E-state index is -0.133. The number of pyridine rings is 1. The van der Waals surface area contributed by atoms with Crippen molar-refractivity contribution in [3.05, 3.63) is 42.6 Å². The van der Waals surface area contributed by atoms with Gasteiger partial charge < -0.3 is 10.2 Å². The summed E-state index contributed by atoms with van der Waals surface area (Å²) in [5.41, 5.74) is 1.17. The van der Waals surface area contributed by atoms with Gasteiger partial charge in [-0.25, -0.2) is 0 Å². The van der Waals surface area contributed by atoms with Crippen LogP contribution in [0.15, 0.2) is 42.6 Å². The Labute approximate surface area is 81.3 Å². The van der Waals surface area contributed by atoms with E-state index < -0.39 is 0 Å². The van der Waals surface area contributed by atoms with E-state index in [1.165, 1.54) is 6.07 Å². The zero-order valence-corrected chi connectivity index (χ0v) is 7.38. The van der Waals surface area contributed by atoms with Crippen molar-refractivity contribution in [2.24, 2.45) is 0 Å². The molecule has 0 saturated heterocycles. The number of phenolic OH excluding ortho intramolecular Hbond substituents is 2. The highest BCUT2D eigenvalue weighted by Crippen LogP contribution is 2.34. The van der Waals surface area contributed by atoms with Crippen molar-refractivity contribution in [1.82, 2.24) is 4.98 Å². The van der Waals surface area contributed by atoms with Crippen LogP contribution in [0.1, 0.15) is 0 Å². The lowest BCUT2D eigenvalue weighted by Gasteiger charge is -2.04. The molecule has 0 atom stereocenters. The molecule has 0 amide bonds. The Kier molecular flexibility index (Phi) is 2.07. The lowest BCUT2D eigenvalue weighted by Crippen LogP contribution is -1.82. The van der Waals surface area contributed by atoms with E-state index in [0.717, 1.165) is 0 Å². The van der Waals surface area contributed by atoms with Gasteiger partial charge in [-0.2, -0.15) is 0 Å². The molecule has 0 fully saturated rings. The third-order valence-electron chi connectivity index (χ3n) is 1.96. The number of benzene rings is 1. The van der Waals surface area contributed by atoms with Crippen LogP contribution in [0.25, 0.3) is 11.3 Å². The first-order valence-electron chi connectivity index (χ1n) is 4.21. The summed E-state index contributed by atoms with van der Waals surface area (Å²) >= 11 is 0. The van der Waals surface area contributed by atoms with E-state index in [1.54, 1.807) is 30.5 Å². The predicted molar refractivity (Wildman–Crippen MR) is 53.0 cm³/mol. The molecular formula is C11H9NO2. The molecule has 70 valence electrons. The lowest BCUT2D eigenvalue weighted by atomic mass is 10.1. The lowest BCUT2D eigenvalue weighted by molar-refractivity contribution is 0.405. The van der Waals surface area contributed by atoms with Crippen molar-refractivity contribution in [1.29, 1.82) is 0 Å². The van der Waals surface area contributed by atoms with Crippen LogP contribution in [-0.2, 0) is 0 Å². The summed E-state index contributed by atoms with van der Waals surface area (Å²) in [6, 6.07) is 10.2. The van der Waals surface area contributed by atoms with Crippen LogP contribution >= 0.6 is 0 Å². The third kappa shape index (κ3) is 1.40. The highest BCUT2D eigenvalue weighted by atomic mass is 16.3. The molecule has 0 bridgehead atoms. The van der Waals surface area contributed by atoms with E-state index in [9.17, 15) is 10.2 Å². The minimum Gasteiger partial charge on any atom is -0.504 e. The van der Waals surface area contributed by atoms with Gasteiger partial charge in [0.25, 0.3) is 0 Å². The van der Waals surface area contributed by atoms with Gasteiger partial charge in [0.1, 0.15) is 0 Å². The predicted octanol–water partition coefficient (Wildman–Crippen LogP) is 2.16. The van der Waals surface area contributed by atoms with Gasteiger partial charge in [0.2, 0.25) is 0 Å². The molecule has 0 aliphatic rings. The fourth-order valence-corrected chi connectivity index (χ4v) is 1.26. The van der Waals surface area contributed by atoms with Crippen LogP contribution < -0.4 is 0 Å². The third-order valence-corrected chi connectivity index (χ3v) is 1.96. The largest absolute Gasteiger partial charge is 0.504 e. The van der Waals surface area contributed by atoms with E-state index in [1.807, 2.05) is 6.07 Å². The van der Waals surface area contributed by atoms with Crippen molar-refractivity contribution in [3.8, 4) is 22.8 Å². The molecule has 0 unspecified atom stereocenters. The van der Waals surface area contributed by atoms with Gasteiger partial charge in [0.05, 0.1) is 5.69 Å². The molecule has 0 saturated carbocycles. The number of aromatic nitrogens is 1. The Morgan fingerprint density at radius 2 is 1.79 bits per heavy atom. The number of hydrogen-bond donors (Lipinski definition) is 2. The van der Waals surface area contributed by atoms with E-state index in [-0.39, 0.29) is 11.5 Å². The van der Waals surface area contributed by atoms with Gasteiger partial charge in [-0.05, 0) is 24.3 Å². The van der Waals surface area contributed by atoms with E-state index in [0.29, 0.717) is 11.3 Å². The Morgan fingerprint density at radius 3 is 2.50 bits per heavy atom. The standard InChI is InChI=1S/C11H9NO2/c13-10-6-3-4-8(11(10)14)9-5-1-2-7-12-9/h1-7,13-14H. The molecule has 0 radical (unpaired) electrons. The second-order valence-electron chi connectivity index (χ2n) is 2.89. The molecule has 14 heavy (non-hydrogen) atoms. The van der Waals surface area contributed by atoms with E-state index >= 15 is 0 Å². The van der Waals surface area contributed by atoms with E-state index in [4.69, 9.17) is 0 Å². The Hall–Kier alpha value is -2.03. The zero-order valence-electron chi connectivity index (χ0n) is 7.38. The summed E-state index contributed by atoms with van der Waals surface area (Å²) in [5.74, 6) is -0.264. The molecule has 2 rings (SSSR count). The molecule has 3 nitrogen and oxygen atoms in total. The number of aromatic hydroxyl groups is 2. The maximum absolute atomic E-state index is 9.56. The van der Waals surface area contributed by atoms with Crippen LogP contribution in [0.4, 0.5) is 0 Å². The fraction of sp³-hybridized carbons (Fsp3) is 0.